The number of amides is 1. The second kappa shape index (κ2) is 6.64. The van der Waals surface area contributed by atoms with Crippen molar-refractivity contribution in [2.45, 2.75) is 43.1 Å². The van der Waals surface area contributed by atoms with E-state index in [1.54, 1.807) is 11.8 Å². The van der Waals surface area contributed by atoms with Crippen LogP contribution in [0.5, 0.6) is 0 Å². The van der Waals surface area contributed by atoms with E-state index in [0.717, 1.165) is 24.2 Å². The summed E-state index contributed by atoms with van der Waals surface area (Å²) in [6, 6.07) is 7.57. The Hall–Kier alpha value is -1.00. The number of hydrogen-bond donors (Lipinski definition) is 2. The van der Waals surface area contributed by atoms with E-state index in [-0.39, 0.29) is 5.91 Å². The minimum absolute atomic E-state index is 0.0957. The van der Waals surface area contributed by atoms with Gasteiger partial charge in [0.2, 0.25) is 0 Å². The third-order valence-electron chi connectivity index (χ3n) is 4.00. The van der Waals surface area contributed by atoms with E-state index < -0.39 is 5.60 Å². The number of carbonyl (C=O) groups is 1. The zero-order valence-electron chi connectivity index (χ0n) is 12.2. The highest BCUT2D eigenvalue weighted by atomic mass is 32.2. The highest BCUT2D eigenvalue weighted by molar-refractivity contribution is 7.98. The van der Waals surface area contributed by atoms with Crippen LogP contribution in [-0.2, 0) is 0 Å². The van der Waals surface area contributed by atoms with Crippen LogP contribution in [-0.4, -0.2) is 29.4 Å². The van der Waals surface area contributed by atoms with E-state index in [1.165, 1.54) is 6.42 Å². The van der Waals surface area contributed by atoms with Gasteiger partial charge in [0.1, 0.15) is 0 Å². The molecule has 0 aliphatic heterocycles. The maximum absolute atomic E-state index is 12.3. The molecule has 0 aromatic heterocycles. The van der Waals surface area contributed by atoms with Crippen molar-refractivity contribution in [3.05, 3.63) is 29.8 Å². The second-order valence-electron chi connectivity index (χ2n) is 5.81. The van der Waals surface area contributed by atoms with Gasteiger partial charge in [0.05, 0.1) is 11.2 Å². The minimum Gasteiger partial charge on any atom is -0.388 e. The summed E-state index contributed by atoms with van der Waals surface area (Å²) in [6.45, 7) is 2.51. The molecule has 110 valence electrons. The number of aliphatic hydroxyl groups is 1. The van der Waals surface area contributed by atoms with Crippen LogP contribution in [0.2, 0.25) is 0 Å². The number of nitrogens with one attached hydrogen (secondary N) is 1. The van der Waals surface area contributed by atoms with Crippen LogP contribution in [0.4, 0.5) is 0 Å². The Balaban J connectivity index is 1.98. The van der Waals surface area contributed by atoms with Crippen molar-refractivity contribution in [3.63, 3.8) is 0 Å². The minimum atomic E-state index is -0.734. The highest BCUT2D eigenvalue weighted by Gasteiger charge is 2.33. The van der Waals surface area contributed by atoms with E-state index in [2.05, 4.69) is 12.2 Å². The molecule has 0 radical (unpaired) electrons. The summed E-state index contributed by atoms with van der Waals surface area (Å²) in [6.07, 6.45) is 5.72. The van der Waals surface area contributed by atoms with Crippen LogP contribution in [0.3, 0.4) is 0 Å². The molecule has 2 unspecified atom stereocenters. The Bertz CT molecular complexity index is 477. The molecule has 1 aliphatic rings. The third kappa shape index (κ3) is 3.76. The summed E-state index contributed by atoms with van der Waals surface area (Å²) in [5.74, 6) is 0.436. The van der Waals surface area contributed by atoms with E-state index in [9.17, 15) is 9.90 Å². The molecule has 2 rings (SSSR count). The summed E-state index contributed by atoms with van der Waals surface area (Å²) >= 11 is 1.56. The first-order valence-electron chi connectivity index (χ1n) is 7.18. The maximum Gasteiger partial charge on any atom is 0.252 e. The number of thioether (sulfide) groups is 1. The molecule has 1 saturated carbocycles. The van der Waals surface area contributed by atoms with Gasteiger partial charge in [-0.05, 0) is 37.1 Å². The van der Waals surface area contributed by atoms with Crippen LogP contribution in [0.1, 0.15) is 43.0 Å². The molecule has 1 amide bonds. The second-order valence-corrected chi connectivity index (χ2v) is 6.66. The Labute approximate surface area is 125 Å². The van der Waals surface area contributed by atoms with Crippen LogP contribution in [0.15, 0.2) is 29.2 Å². The van der Waals surface area contributed by atoms with Crippen molar-refractivity contribution in [1.29, 1.82) is 0 Å². The summed E-state index contributed by atoms with van der Waals surface area (Å²) in [4.78, 5) is 13.2. The molecule has 4 heteroatoms. The lowest BCUT2D eigenvalue weighted by atomic mass is 9.79. The highest BCUT2D eigenvalue weighted by Crippen LogP contribution is 2.31. The average Bonchev–Trinajstić information content (AvgIpc) is 2.44. The van der Waals surface area contributed by atoms with E-state index in [0.29, 0.717) is 18.0 Å². The van der Waals surface area contributed by atoms with Gasteiger partial charge < -0.3 is 10.4 Å². The monoisotopic (exact) mass is 293 g/mol. The average molecular weight is 293 g/mol. The van der Waals surface area contributed by atoms with E-state index in [4.69, 9.17) is 0 Å². The Kier molecular flexibility index (Phi) is 5.11. The molecule has 1 aliphatic carbocycles. The van der Waals surface area contributed by atoms with Crippen LogP contribution in [0.25, 0.3) is 0 Å². The van der Waals surface area contributed by atoms with Gasteiger partial charge in [0.25, 0.3) is 5.91 Å². The Morgan fingerprint density at radius 1 is 1.50 bits per heavy atom. The molecule has 0 bridgehead atoms. The molecule has 0 heterocycles. The predicted molar refractivity (Wildman–Crippen MR) is 83.1 cm³/mol. The number of carbonyl (C=O) groups excluding carboxylic acids is 1. The van der Waals surface area contributed by atoms with Crippen LogP contribution < -0.4 is 5.32 Å². The lowest BCUT2D eigenvalue weighted by molar-refractivity contribution is -0.0109. The van der Waals surface area contributed by atoms with Crippen LogP contribution in [0, 0.1) is 5.92 Å². The third-order valence-corrected chi connectivity index (χ3v) is 4.79. The summed E-state index contributed by atoms with van der Waals surface area (Å²) in [5, 5.41) is 13.4. The van der Waals surface area contributed by atoms with Crippen molar-refractivity contribution in [2.24, 2.45) is 5.92 Å². The number of rotatable bonds is 4. The van der Waals surface area contributed by atoms with Gasteiger partial charge in [-0.3, -0.25) is 4.79 Å². The fourth-order valence-corrected chi connectivity index (χ4v) is 3.56. The molecule has 2 atom stereocenters. The fourth-order valence-electron chi connectivity index (χ4n) is 2.97. The van der Waals surface area contributed by atoms with E-state index in [1.807, 2.05) is 30.5 Å². The molecule has 1 aromatic rings. The Morgan fingerprint density at radius 2 is 2.25 bits per heavy atom. The first kappa shape index (κ1) is 15.4. The predicted octanol–water partition coefficient (Wildman–Crippen LogP) is 3.08. The van der Waals surface area contributed by atoms with Crippen molar-refractivity contribution in [3.8, 4) is 0 Å². The summed E-state index contributed by atoms with van der Waals surface area (Å²) in [7, 11) is 0. The van der Waals surface area contributed by atoms with Crippen LogP contribution >= 0.6 is 11.8 Å². The molecular weight excluding hydrogens is 270 g/mol. The van der Waals surface area contributed by atoms with Gasteiger partial charge in [-0.15, -0.1) is 11.8 Å². The SMILES string of the molecule is CSc1ccccc1C(=O)NCC1(O)CCCC(C)C1. The first-order valence-corrected chi connectivity index (χ1v) is 8.40. The molecule has 20 heavy (non-hydrogen) atoms. The molecule has 1 fully saturated rings. The summed E-state index contributed by atoms with van der Waals surface area (Å²) in [5.41, 5.74) is -0.0470. The van der Waals surface area contributed by atoms with Crippen molar-refractivity contribution in [2.75, 3.05) is 12.8 Å². The normalized spacial score (nSPS) is 26.2. The van der Waals surface area contributed by atoms with Crippen molar-refractivity contribution < 1.29 is 9.90 Å². The number of benzene rings is 1. The fraction of sp³-hybridized carbons (Fsp3) is 0.562. The zero-order valence-corrected chi connectivity index (χ0v) is 13.0. The van der Waals surface area contributed by atoms with Gasteiger partial charge in [0.15, 0.2) is 0 Å². The molecule has 2 N–H and O–H groups in total. The molecular formula is C16H23NO2S. The maximum atomic E-state index is 12.3. The summed E-state index contributed by atoms with van der Waals surface area (Å²) < 4.78 is 0. The smallest absolute Gasteiger partial charge is 0.252 e. The topological polar surface area (TPSA) is 49.3 Å². The molecule has 1 aromatic carbocycles. The van der Waals surface area contributed by atoms with Gasteiger partial charge >= 0.3 is 0 Å². The lowest BCUT2D eigenvalue weighted by Gasteiger charge is -2.35. The lowest BCUT2D eigenvalue weighted by Crippen LogP contribution is -2.45. The Morgan fingerprint density at radius 3 is 2.95 bits per heavy atom. The van der Waals surface area contributed by atoms with Gasteiger partial charge in [-0.25, -0.2) is 0 Å². The van der Waals surface area contributed by atoms with E-state index >= 15 is 0 Å². The molecule has 0 spiro atoms. The van der Waals surface area contributed by atoms with Gasteiger partial charge in [-0.2, -0.15) is 0 Å². The number of hydrogen-bond acceptors (Lipinski definition) is 3. The zero-order chi connectivity index (χ0) is 14.6. The molecule has 0 saturated heterocycles. The molecule has 3 nitrogen and oxygen atoms in total. The van der Waals surface area contributed by atoms with Crippen molar-refractivity contribution >= 4 is 17.7 Å². The largest absolute Gasteiger partial charge is 0.388 e. The van der Waals surface area contributed by atoms with Gasteiger partial charge in [-0.1, -0.05) is 31.9 Å². The standard InChI is InChI=1S/C16H23NO2S/c1-12-6-5-9-16(19,10-12)11-17-15(18)13-7-3-4-8-14(13)20-2/h3-4,7-8,12,19H,5-6,9-11H2,1-2H3,(H,17,18). The quantitative estimate of drug-likeness (QED) is 0.839. The van der Waals surface area contributed by atoms with Gasteiger partial charge in [0, 0.05) is 11.4 Å². The first-order chi connectivity index (χ1) is 9.54. The van der Waals surface area contributed by atoms with Crippen molar-refractivity contribution in [1.82, 2.24) is 5.32 Å².